The van der Waals surface area contributed by atoms with E-state index in [0.29, 0.717) is 18.1 Å². The van der Waals surface area contributed by atoms with Crippen LogP contribution in [0.5, 0.6) is 0 Å². The van der Waals surface area contributed by atoms with E-state index >= 15 is 0 Å². The molecule has 20 heavy (non-hydrogen) atoms. The summed E-state index contributed by atoms with van der Waals surface area (Å²) in [4.78, 5) is 6.52. The SMILES string of the molecule is Cc1nc(CN(C)C(CN)c2ccc(F)cc2Cl)cs1. The number of hydrogen-bond donors (Lipinski definition) is 1. The van der Waals surface area contributed by atoms with E-state index in [1.54, 1.807) is 17.4 Å². The second-order valence-electron chi connectivity index (χ2n) is 4.69. The first-order valence-electron chi connectivity index (χ1n) is 6.27. The Labute approximate surface area is 127 Å². The Balaban J connectivity index is 2.18. The Morgan fingerprint density at radius 3 is 2.80 bits per heavy atom. The van der Waals surface area contributed by atoms with Gasteiger partial charge >= 0.3 is 0 Å². The first-order chi connectivity index (χ1) is 9.51. The van der Waals surface area contributed by atoms with Crippen molar-refractivity contribution in [2.24, 2.45) is 5.73 Å². The maximum Gasteiger partial charge on any atom is 0.124 e. The highest BCUT2D eigenvalue weighted by Gasteiger charge is 2.19. The van der Waals surface area contributed by atoms with Gasteiger partial charge in [0.05, 0.1) is 10.7 Å². The van der Waals surface area contributed by atoms with Crippen molar-refractivity contribution in [3.05, 3.63) is 50.7 Å². The van der Waals surface area contributed by atoms with Crippen LogP contribution in [-0.2, 0) is 6.54 Å². The highest BCUT2D eigenvalue weighted by molar-refractivity contribution is 7.09. The maximum absolute atomic E-state index is 13.1. The molecule has 6 heteroatoms. The lowest BCUT2D eigenvalue weighted by molar-refractivity contribution is 0.239. The number of halogens is 2. The number of nitrogens with zero attached hydrogens (tertiary/aromatic N) is 2. The zero-order valence-corrected chi connectivity index (χ0v) is 13.0. The van der Waals surface area contributed by atoms with Crippen molar-refractivity contribution >= 4 is 22.9 Å². The minimum atomic E-state index is -0.340. The van der Waals surface area contributed by atoms with Crippen LogP contribution >= 0.6 is 22.9 Å². The lowest BCUT2D eigenvalue weighted by Gasteiger charge is -2.27. The maximum atomic E-state index is 13.1. The number of thiazole rings is 1. The molecule has 0 aliphatic rings. The van der Waals surface area contributed by atoms with Gasteiger partial charge in [-0.2, -0.15) is 0 Å². The Morgan fingerprint density at radius 1 is 1.50 bits per heavy atom. The molecule has 1 unspecified atom stereocenters. The molecule has 0 aliphatic carbocycles. The molecule has 2 N–H and O–H groups in total. The van der Waals surface area contributed by atoms with E-state index in [1.165, 1.54) is 12.1 Å². The Bertz CT molecular complexity index is 588. The number of hydrogen-bond acceptors (Lipinski definition) is 4. The molecular weight excluding hydrogens is 297 g/mol. The van der Waals surface area contributed by atoms with Crippen molar-refractivity contribution in [3.63, 3.8) is 0 Å². The van der Waals surface area contributed by atoms with Crippen LogP contribution in [0.25, 0.3) is 0 Å². The molecule has 0 spiro atoms. The third-order valence-corrected chi connectivity index (χ3v) is 4.30. The van der Waals surface area contributed by atoms with Crippen LogP contribution in [-0.4, -0.2) is 23.5 Å². The van der Waals surface area contributed by atoms with Crippen molar-refractivity contribution in [1.82, 2.24) is 9.88 Å². The monoisotopic (exact) mass is 313 g/mol. The first kappa shape index (κ1) is 15.4. The molecule has 2 rings (SSSR count). The Kier molecular flexibility index (Phi) is 5.10. The van der Waals surface area contributed by atoms with Crippen molar-refractivity contribution in [2.45, 2.75) is 19.5 Å². The van der Waals surface area contributed by atoms with Gasteiger partial charge in [0.25, 0.3) is 0 Å². The fourth-order valence-corrected chi connectivity index (χ4v) is 3.06. The molecule has 1 atom stereocenters. The second kappa shape index (κ2) is 6.63. The molecule has 0 radical (unpaired) electrons. The summed E-state index contributed by atoms with van der Waals surface area (Å²) in [6.07, 6.45) is 0. The van der Waals surface area contributed by atoms with E-state index in [-0.39, 0.29) is 11.9 Å². The quantitative estimate of drug-likeness (QED) is 0.920. The van der Waals surface area contributed by atoms with Gasteiger partial charge < -0.3 is 5.73 Å². The lowest BCUT2D eigenvalue weighted by Crippen LogP contribution is -2.30. The highest BCUT2D eigenvalue weighted by Crippen LogP contribution is 2.28. The fourth-order valence-electron chi connectivity index (χ4n) is 2.16. The van der Waals surface area contributed by atoms with Crippen molar-refractivity contribution < 1.29 is 4.39 Å². The van der Waals surface area contributed by atoms with Gasteiger partial charge in [-0.3, -0.25) is 4.90 Å². The summed E-state index contributed by atoms with van der Waals surface area (Å²) in [6, 6.07) is 4.35. The summed E-state index contributed by atoms with van der Waals surface area (Å²) in [6.45, 7) is 3.07. The number of benzene rings is 1. The number of aryl methyl sites for hydroxylation is 1. The molecule has 1 aromatic heterocycles. The summed E-state index contributed by atoms with van der Waals surface area (Å²) in [5, 5.41) is 3.48. The topological polar surface area (TPSA) is 42.2 Å². The van der Waals surface area contributed by atoms with Gasteiger partial charge in [-0.1, -0.05) is 17.7 Å². The Morgan fingerprint density at radius 2 is 2.25 bits per heavy atom. The average molecular weight is 314 g/mol. The molecule has 0 aliphatic heterocycles. The Hall–Kier alpha value is -1.01. The van der Waals surface area contributed by atoms with E-state index in [2.05, 4.69) is 9.88 Å². The second-order valence-corrected chi connectivity index (χ2v) is 6.16. The average Bonchev–Trinajstić information content (AvgIpc) is 2.78. The summed E-state index contributed by atoms with van der Waals surface area (Å²) < 4.78 is 13.1. The van der Waals surface area contributed by atoms with Gasteiger partial charge in [0, 0.05) is 29.5 Å². The summed E-state index contributed by atoms with van der Waals surface area (Å²) in [7, 11) is 1.96. The fraction of sp³-hybridized carbons (Fsp3) is 0.357. The van der Waals surface area contributed by atoms with Gasteiger partial charge in [-0.05, 0) is 31.7 Å². The van der Waals surface area contributed by atoms with Crippen LogP contribution in [0.2, 0.25) is 5.02 Å². The van der Waals surface area contributed by atoms with Crippen LogP contribution in [0.15, 0.2) is 23.6 Å². The number of rotatable bonds is 5. The van der Waals surface area contributed by atoms with E-state index in [4.69, 9.17) is 17.3 Å². The summed E-state index contributed by atoms with van der Waals surface area (Å²) in [5.74, 6) is -0.340. The standard InChI is InChI=1S/C14H17ClFN3S/c1-9-18-11(8-20-9)7-19(2)14(6-17)12-4-3-10(16)5-13(12)15/h3-5,8,14H,6-7,17H2,1-2H3. The normalized spacial score (nSPS) is 12.9. The molecule has 108 valence electrons. The minimum absolute atomic E-state index is 0.0647. The van der Waals surface area contributed by atoms with Gasteiger partial charge in [0.1, 0.15) is 5.82 Å². The zero-order chi connectivity index (χ0) is 14.7. The molecule has 0 fully saturated rings. The third-order valence-electron chi connectivity index (χ3n) is 3.15. The molecule has 0 saturated heterocycles. The number of aromatic nitrogens is 1. The van der Waals surface area contributed by atoms with E-state index in [1.807, 2.05) is 19.4 Å². The molecule has 1 heterocycles. The smallest absolute Gasteiger partial charge is 0.124 e. The van der Waals surface area contributed by atoms with Gasteiger partial charge in [-0.25, -0.2) is 9.37 Å². The molecule has 1 aromatic carbocycles. The number of likely N-dealkylation sites (N-methyl/N-ethyl adjacent to an activating group) is 1. The van der Waals surface area contributed by atoms with Crippen LogP contribution in [0.1, 0.15) is 22.3 Å². The predicted octanol–water partition coefficient (Wildman–Crippen LogP) is 3.38. The molecule has 0 amide bonds. The van der Waals surface area contributed by atoms with E-state index in [9.17, 15) is 4.39 Å². The van der Waals surface area contributed by atoms with Crippen LogP contribution in [0.4, 0.5) is 4.39 Å². The van der Waals surface area contributed by atoms with Crippen LogP contribution < -0.4 is 5.73 Å². The van der Waals surface area contributed by atoms with E-state index in [0.717, 1.165) is 16.3 Å². The zero-order valence-electron chi connectivity index (χ0n) is 11.4. The van der Waals surface area contributed by atoms with E-state index < -0.39 is 0 Å². The van der Waals surface area contributed by atoms with Crippen molar-refractivity contribution in [1.29, 1.82) is 0 Å². The van der Waals surface area contributed by atoms with Gasteiger partial charge in [0.15, 0.2) is 0 Å². The molecule has 3 nitrogen and oxygen atoms in total. The largest absolute Gasteiger partial charge is 0.329 e. The lowest BCUT2D eigenvalue weighted by atomic mass is 10.1. The highest BCUT2D eigenvalue weighted by atomic mass is 35.5. The number of nitrogens with two attached hydrogens (primary N) is 1. The van der Waals surface area contributed by atoms with Gasteiger partial charge in [-0.15, -0.1) is 11.3 Å². The summed E-state index contributed by atoms with van der Waals surface area (Å²) >= 11 is 7.74. The van der Waals surface area contributed by atoms with Crippen LogP contribution in [0, 0.1) is 12.7 Å². The molecule has 2 aromatic rings. The minimum Gasteiger partial charge on any atom is -0.329 e. The molecular formula is C14H17ClFN3S. The van der Waals surface area contributed by atoms with Crippen molar-refractivity contribution in [3.8, 4) is 0 Å². The van der Waals surface area contributed by atoms with Crippen molar-refractivity contribution in [2.75, 3.05) is 13.6 Å². The summed E-state index contributed by atoms with van der Waals surface area (Å²) in [5.41, 5.74) is 7.70. The predicted molar refractivity (Wildman–Crippen MR) is 81.5 cm³/mol. The third kappa shape index (κ3) is 3.55. The van der Waals surface area contributed by atoms with Gasteiger partial charge in [0.2, 0.25) is 0 Å². The van der Waals surface area contributed by atoms with Crippen LogP contribution in [0.3, 0.4) is 0 Å². The molecule has 0 saturated carbocycles. The molecule has 0 bridgehead atoms. The first-order valence-corrected chi connectivity index (χ1v) is 7.53.